The summed E-state index contributed by atoms with van der Waals surface area (Å²) in [4.78, 5) is 16.0. The Morgan fingerprint density at radius 1 is 1.53 bits per heavy atom. The molecule has 15 heavy (non-hydrogen) atoms. The Hall–Kier alpha value is -0.610. The molecule has 0 radical (unpaired) electrons. The lowest BCUT2D eigenvalue weighted by molar-refractivity contribution is -0.129. The Kier molecular flexibility index (Phi) is 5.05. The molecular formula is C11H23N3O. The predicted molar refractivity (Wildman–Crippen MR) is 61.8 cm³/mol. The van der Waals surface area contributed by atoms with E-state index in [-0.39, 0.29) is 11.9 Å². The van der Waals surface area contributed by atoms with Crippen molar-refractivity contribution in [2.75, 3.05) is 40.3 Å². The second kappa shape index (κ2) is 6.08. The summed E-state index contributed by atoms with van der Waals surface area (Å²) in [5, 5.41) is 3.22. The SMILES string of the molecule is CCNC1CCN(CCCN(C)C)C1=O. The summed E-state index contributed by atoms with van der Waals surface area (Å²) >= 11 is 0. The van der Waals surface area contributed by atoms with Crippen molar-refractivity contribution in [2.45, 2.75) is 25.8 Å². The lowest BCUT2D eigenvalue weighted by atomic mass is 10.2. The van der Waals surface area contributed by atoms with Crippen LogP contribution in [0, 0.1) is 0 Å². The van der Waals surface area contributed by atoms with Gasteiger partial charge in [0.1, 0.15) is 0 Å². The third-order valence-corrected chi connectivity index (χ3v) is 2.78. The maximum absolute atomic E-state index is 11.8. The first kappa shape index (κ1) is 12.5. The van der Waals surface area contributed by atoms with Crippen LogP contribution in [-0.4, -0.2) is 62.0 Å². The van der Waals surface area contributed by atoms with E-state index in [1.807, 2.05) is 11.8 Å². The van der Waals surface area contributed by atoms with Crippen LogP contribution in [0.25, 0.3) is 0 Å². The van der Waals surface area contributed by atoms with Crippen LogP contribution < -0.4 is 5.32 Å². The first-order valence-electron chi connectivity index (χ1n) is 5.82. The van der Waals surface area contributed by atoms with Crippen LogP contribution in [0.5, 0.6) is 0 Å². The highest BCUT2D eigenvalue weighted by Gasteiger charge is 2.29. The number of likely N-dealkylation sites (N-methyl/N-ethyl adjacent to an activating group) is 1. The summed E-state index contributed by atoms with van der Waals surface area (Å²) in [6.45, 7) is 5.79. The number of hydrogen-bond donors (Lipinski definition) is 1. The van der Waals surface area contributed by atoms with E-state index >= 15 is 0 Å². The van der Waals surface area contributed by atoms with Crippen molar-refractivity contribution in [1.82, 2.24) is 15.1 Å². The second-order valence-corrected chi connectivity index (χ2v) is 4.38. The van der Waals surface area contributed by atoms with Gasteiger partial charge in [0.05, 0.1) is 6.04 Å². The van der Waals surface area contributed by atoms with Gasteiger partial charge in [-0.1, -0.05) is 6.92 Å². The molecule has 4 nitrogen and oxygen atoms in total. The number of carbonyl (C=O) groups excluding carboxylic acids is 1. The van der Waals surface area contributed by atoms with Crippen LogP contribution >= 0.6 is 0 Å². The van der Waals surface area contributed by atoms with Gasteiger partial charge in [0.2, 0.25) is 5.91 Å². The Bertz CT molecular complexity index is 206. The predicted octanol–water partition coefficient (Wildman–Crippen LogP) is 0.149. The zero-order valence-electron chi connectivity index (χ0n) is 10.1. The standard InChI is InChI=1S/C11H23N3O/c1-4-12-10-6-9-14(11(10)15)8-5-7-13(2)3/h10,12H,4-9H2,1-3H3. The summed E-state index contributed by atoms with van der Waals surface area (Å²) in [7, 11) is 4.13. The largest absolute Gasteiger partial charge is 0.341 e. The molecule has 1 aliphatic heterocycles. The van der Waals surface area contributed by atoms with Crippen LogP contribution in [0.2, 0.25) is 0 Å². The van der Waals surface area contributed by atoms with Crippen molar-refractivity contribution in [1.29, 1.82) is 0 Å². The van der Waals surface area contributed by atoms with Gasteiger partial charge in [-0.05, 0) is 40.0 Å². The monoisotopic (exact) mass is 213 g/mol. The van der Waals surface area contributed by atoms with Crippen molar-refractivity contribution in [3.8, 4) is 0 Å². The molecule has 1 amide bonds. The molecule has 1 saturated heterocycles. The molecular weight excluding hydrogens is 190 g/mol. The first-order chi connectivity index (χ1) is 7.15. The van der Waals surface area contributed by atoms with Crippen molar-refractivity contribution >= 4 is 5.91 Å². The lowest BCUT2D eigenvalue weighted by Gasteiger charge is -2.18. The van der Waals surface area contributed by atoms with E-state index in [1.165, 1.54) is 0 Å². The molecule has 1 rings (SSSR count). The summed E-state index contributed by atoms with van der Waals surface area (Å²) in [6.07, 6.45) is 2.03. The van der Waals surface area contributed by atoms with Gasteiger partial charge < -0.3 is 15.1 Å². The Balaban J connectivity index is 2.24. The van der Waals surface area contributed by atoms with Crippen LogP contribution in [0.4, 0.5) is 0 Å². The summed E-state index contributed by atoms with van der Waals surface area (Å²) in [5.41, 5.74) is 0. The average Bonchev–Trinajstić information content (AvgIpc) is 2.50. The van der Waals surface area contributed by atoms with Crippen LogP contribution in [-0.2, 0) is 4.79 Å². The smallest absolute Gasteiger partial charge is 0.239 e. The fourth-order valence-corrected chi connectivity index (χ4v) is 1.97. The van der Waals surface area contributed by atoms with Gasteiger partial charge in [-0.3, -0.25) is 4.79 Å². The second-order valence-electron chi connectivity index (χ2n) is 4.38. The molecule has 88 valence electrons. The fraction of sp³-hybridized carbons (Fsp3) is 0.909. The highest BCUT2D eigenvalue weighted by Crippen LogP contribution is 2.11. The minimum absolute atomic E-state index is 0.0781. The molecule has 0 bridgehead atoms. The number of nitrogens with zero attached hydrogens (tertiary/aromatic N) is 2. The third kappa shape index (κ3) is 3.80. The molecule has 4 heteroatoms. The van der Waals surface area contributed by atoms with Crippen molar-refractivity contribution in [3.05, 3.63) is 0 Å². The van der Waals surface area contributed by atoms with E-state index in [9.17, 15) is 4.79 Å². The van der Waals surface area contributed by atoms with E-state index in [1.54, 1.807) is 0 Å². The zero-order chi connectivity index (χ0) is 11.3. The summed E-state index contributed by atoms with van der Waals surface area (Å²) in [6, 6.07) is 0.0781. The molecule has 0 aromatic carbocycles. The minimum atomic E-state index is 0.0781. The number of carbonyl (C=O) groups is 1. The Labute approximate surface area is 92.6 Å². The number of amides is 1. The normalized spacial score (nSPS) is 21.7. The van der Waals surface area contributed by atoms with Gasteiger partial charge >= 0.3 is 0 Å². The summed E-state index contributed by atoms with van der Waals surface area (Å²) < 4.78 is 0. The van der Waals surface area contributed by atoms with Gasteiger partial charge in [-0.25, -0.2) is 0 Å². The topological polar surface area (TPSA) is 35.6 Å². The van der Waals surface area contributed by atoms with E-state index in [0.29, 0.717) is 0 Å². The Morgan fingerprint density at radius 2 is 2.27 bits per heavy atom. The molecule has 1 N–H and O–H groups in total. The van der Waals surface area contributed by atoms with Crippen LogP contribution in [0.3, 0.4) is 0 Å². The molecule has 0 spiro atoms. The van der Waals surface area contributed by atoms with Crippen molar-refractivity contribution in [3.63, 3.8) is 0 Å². The van der Waals surface area contributed by atoms with Crippen molar-refractivity contribution in [2.24, 2.45) is 0 Å². The lowest BCUT2D eigenvalue weighted by Crippen LogP contribution is -2.38. The fourth-order valence-electron chi connectivity index (χ4n) is 1.97. The number of nitrogens with one attached hydrogen (secondary N) is 1. The molecule has 0 aromatic rings. The average molecular weight is 213 g/mol. The Morgan fingerprint density at radius 3 is 2.87 bits per heavy atom. The third-order valence-electron chi connectivity index (χ3n) is 2.78. The summed E-state index contributed by atoms with van der Waals surface area (Å²) in [5.74, 6) is 0.288. The van der Waals surface area contributed by atoms with Gasteiger partial charge in [-0.15, -0.1) is 0 Å². The highest BCUT2D eigenvalue weighted by molar-refractivity contribution is 5.83. The highest BCUT2D eigenvalue weighted by atomic mass is 16.2. The van der Waals surface area contributed by atoms with E-state index in [0.717, 1.165) is 39.0 Å². The molecule has 1 atom stereocenters. The van der Waals surface area contributed by atoms with Gasteiger partial charge in [-0.2, -0.15) is 0 Å². The van der Waals surface area contributed by atoms with Gasteiger partial charge in [0.15, 0.2) is 0 Å². The molecule has 1 aliphatic rings. The van der Waals surface area contributed by atoms with E-state index in [2.05, 4.69) is 24.3 Å². The van der Waals surface area contributed by atoms with Crippen molar-refractivity contribution < 1.29 is 4.79 Å². The van der Waals surface area contributed by atoms with E-state index < -0.39 is 0 Å². The molecule has 0 aromatic heterocycles. The molecule has 1 fully saturated rings. The maximum atomic E-state index is 11.8. The molecule has 0 saturated carbocycles. The van der Waals surface area contributed by atoms with Crippen LogP contribution in [0.1, 0.15) is 19.8 Å². The first-order valence-corrected chi connectivity index (χ1v) is 5.82. The maximum Gasteiger partial charge on any atom is 0.239 e. The number of rotatable bonds is 6. The number of likely N-dealkylation sites (tertiary alicyclic amines) is 1. The quantitative estimate of drug-likeness (QED) is 0.682. The molecule has 0 aliphatic carbocycles. The molecule has 1 heterocycles. The number of hydrogen-bond acceptors (Lipinski definition) is 3. The van der Waals surface area contributed by atoms with Gasteiger partial charge in [0.25, 0.3) is 0 Å². The van der Waals surface area contributed by atoms with Gasteiger partial charge in [0, 0.05) is 13.1 Å². The molecule has 1 unspecified atom stereocenters. The van der Waals surface area contributed by atoms with Crippen LogP contribution in [0.15, 0.2) is 0 Å². The minimum Gasteiger partial charge on any atom is -0.341 e. The van der Waals surface area contributed by atoms with E-state index in [4.69, 9.17) is 0 Å². The zero-order valence-corrected chi connectivity index (χ0v) is 10.1.